The van der Waals surface area contributed by atoms with Crippen molar-refractivity contribution >= 4 is 17.3 Å². The largest absolute Gasteiger partial charge is 0.505 e. The molecule has 0 unspecified atom stereocenters. The van der Waals surface area contributed by atoms with Gasteiger partial charge in [0.1, 0.15) is 5.69 Å². The fourth-order valence-electron chi connectivity index (χ4n) is 1.51. The van der Waals surface area contributed by atoms with Gasteiger partial charge in [-0.3, -0.25) is 4.79 Å². The van der Waals surface area contributed by atoms with Gasteiger partial charge in [0.05, 0.1) is 5.56 Å². The number of carbonyl (C=O) groups is 1. The van der Waals surface area contributed by atoms with Gasteiger partial charge in [-0.15, -0.1) is 4.91 Å². The van der Waals surface area contributed by atoms with Crippen molar-refractivity contribution in [2.24, 2.45) is 5.18 Å². The Balaban J connectivity index is 2.27. The van der Waals surface area contributed by atoms with Gasteiger partial charge in [0, 0.05) is 5.69 Å². The molecule has 0 aliphatic heterocycles. The number of para-hydroxylation sites is 2. The number of nitrogens with zero attached hydrogens (tertiary/aromatic N) is 1. The Hall–Kier alpha value is -2.69. The fourth-order valence-corrected chi connectivity index (χ4v) is 1.51. The second kappa shape index (κ2) is 5.09. The van der Waals surface area contributed by atoms with Crippen molar-refractivity contribution in [3.8, 4) is 5.75 Å². The van der Waals surface area contributed by atoms with E-state index in [-0.39, 0.29) is 11.3 Å². The van der Waals surface area contributed by atoms with Crippen molar-refractivity contribution in [2.75, 3.05) is 5.32 Å². The lowest BCUT2D eigenvalue weighted by Crippen LogP contribution is -2.11. The van der Waals surface area contributed by atoms with Crippen LogP contribution in [0.3, 0.4) is 0 Å². The highest BCUT2D eigenvalue weighted by Gasteiger charge is 2.14. The number of rotatable bonds is 3. The number of nitroso groups, excluding NO2 is 1. The summed E-state index contributed by atoms with van der Waals surface area (Å²) < 4.78 is 0. The first kappa shape index (κ1) is 11.8. The summed E-state index contributed by atoms with van der Waals surface area (Å²) in [6.45, 7) is 0. The lowest BCUT2D eigenvalue weighted by Gasteiger charge is -2.07. The smallest absolute Gasteiger partial charge is 0.259 e. The van der Waals surface area contributed by atoms with Gasteiger partial charge < -0.3 is 10.4 Å². The highest BCUT2D eigenvalue weighted by molar-refractivity contribution is 6.07. The number of hydrogen-bond donors (Lipinski definition) is 2. The molecular formula is C13H10N2O3. The van der Waals surface area contributed by atoms with Gasteiger partial charge in [-0.05, 0) is 29.4 Å². The van der Waals surface area contributed by atoms with Crippen LogP contribution in [-0.4, -0.2) is 11.0 Å². The zero-order valence-electron chi connectivity index (χ0n) is 9.33. The molecule has 0 aliphatic carbocycles. The van der Waals surface area contributed by atoms with Crippen LogP contribution < -0.4 is 5.32 Å². The molecule has 2 N–H and O–H groups in total. The maximum atomic E-state index is 11.9. The highest BCUT2D eigenvalue weighted by Crippen LogP contribution is 2.30. The lowest BCUT2D eigenvalue weighted by molar-refractivity contribution is 0.102. The van der Waals surface area contributed by atoms with Gasteiger partial charge >= 0.3 is 0 Å². The van der Waals surface area contributed by atoms with E-state index in [9.17, 15) is 14.8 Å². The molecule has 5 heteroatoms. The number of nitrogens with one attached hydrogen (secondary N) is 1. The van der Waals surface area contributed by atoms with Gasteiger partial charge in [0.25, 0.3) is 5.91 Å². The molecule has 0 aliphatic rings. The van der Waals surface area contributed by atoms with E-state index in [2.05, 4.69) is 10.5 Å². The van der Waals surface area contributed by atoms with Crippen molar-refractivity contribution in [3.63, 3.8) is 0 Å². The summed E-state index contributed by atoms with van der Waals surface area (Å²) in [6, 6.07) is 13.1. The zero-order chi connectivity index (χ0) is 13.0. The Labute approximate surface area is 103 Å². The lowest BCUT2D eigenvalue weighted by atomic mass is 10.1. The topological polar surface area (TPSA) is 78.8 Å². The van der Waals surface area contributed by atoms with Crippen LogP contribution in [0.4, 0.5) is 11.4 Å². The number of phenolic OH excluding ortho intramolecular Hbond substituents is 1. The van der Waals surface area contributed by atoms with Crippen LogP contribution in [0.5, 0.6) is 5.75 Å². The third-order valence-electron chi connectivity index (χ3n) is 2.39. The van der Waals surface area contributed by atoms with Crippen molar-refractivity contribution in [2.45, 2.75) is 0 Å². The molecule has 2 rings (SSSR count). The Kier molecular flexibility index (Phi) is 3.33. The molecule has 0 bridgehead atoms. The molecule has 0 saturated carbocycles. The molecule has 0 saturated heterocycles. The maximum absolute atomic E-state index is 11.9. The molecule has 0 spiro atoms. The Morgan fingerprint density at radius 1 is 1.06 bits per heavy atom. The van der Waals surface area contributed by atoms with Crippen LogP contribution in [0.15, 0.2) is 53.7 Å². The molecule has 90 valence electrons. The summed E-state index contributed by atoms with van der Waals surface area (Å²) in [4.78, 5) is 22.3. The van der Waals surface area contributed by atoms with E-state index in [0.717, 1.165) is 0 Å². The molecule has 2 aromatic carbocycles. The van der Waals surface area contributed by atoms with Crippen LogP contribution >= 0.6 is 0 Å². The molecule has 0 radical (unpaired) electrons. The second-order valence-corrected chi connectivity index (χ2v) is 3.58. The standard InChI is InChI=1S/C13H10N2O3/c16-12-10(7-4-8-11(12)15-18)13(17)14-9-5-2-1-3-6-9/h1-8,16H,(H,14,17). The first-order valence-corrected chi connectivity index (χ1v) is 5.24. The van der Waals surface area contributed by atoms with E-state index in [1.807, 2.05) is 6.07 Å². The number of amides is 1. The van der Waals surface area contributed by atoms with Gasteiger partial charge in [-0.2, -0.15) is 0 Å². The summed E-state index contributed by atoms with van der Waals surface area (Å²) in [7, 11) is 0. The fraction of sp³-hybridized carbons (Fsp3) is 0. The highest BCUT2D eigenvalue weighted by atomic mass is 16.3. The molecule has 5 nitrogen and oxygen atoms in total. The van der Waals surface area contributed by atoms with Crippen molar-refractivity contribution in [1.29, 1.82) is 0 Å². The van der Waals surface area contributed by atoms with Crippen LogP contribution in [0.25, 0.3) is 0 Å². The first-order valence-electron chi connectivity index (χ1n) is 5.24. The van der Waals surface area contributed by atoms with Gasteiger partial charge in [0.2, 0.25) is 0 Å². The first-order chi connectivity index (χ1) is 8.72. The SMILES string of the molecule is O=Nc1cccc(C(=O)Nc2ccccc2)c1O. The number of benzene rings is 2. The summed E-state index contributed by atoms with van der Waals surface area (Å²) in [5.41, 5.74) is 0.457. The van der Waals surface area contributed by atoms with Gasteiger partial charge in [0.15, 0.2) is 5.75 Å². The van der Waals surface area contributed by atoms with Crippen LogP contribution in [0.1, 0.15) is 10.4 Å². The number of carbonyl (C=O) groups excluding carboxylic acids is 1. The Morgan fingerprint density at radius 2 is 1.78 bits per heavy atom. The molecule has 0 heterocycles. The number of anilines is 1. The molecule has 1 amide bonds. The minimum atomic E-state index is -0.496. The predicted octanol–water partition coefficient (Wildman–Crippen LogP) is 3.04. The molecule has 0 atom stereocenters. The minimum Gasteiger partial charge on any atom is -0.505 e. The molecule has 2 aromatic rings. The predicted molar refractivity (Wildman–Crippen MR) is 68.0 cm³/mol. The Morgan fingerprint density at radius 3 is 2.44 bits per heavy atom. The minimum absolute atomic E-state index is 0.0101. The number of aromatic hydroxyl groups is 1. The van der Waals surface area contributed by atoms with Crippen LogP contribution in [-0.2, 0) is 0 Å². The number of hydrogen-bond acceptors (Lipinski definition) is 4. The van der Waals surface area contributed by atoms with Gasteiger partial charge in [-0.1, -0.05) is 24.3 Å². The molecule has 18 heavy (non-hydrogen) atoms. The van der Waals surface area contributed by atoms with E-state index in [4.69, 9.17) is 0 Å². The Bertz CT molecular complexity index is 582. The average molecular weight is 242 g/mol. The zero-order valence-corrected chi connectivity index (χ0v) is 9.33. The van der Waals surface area contributed by atoms with E-state index in [1.54, 1.807) is 24.3 Å². The van der Waals surface area contributed by atoms with Crippen LogP contribution in [0, 0.1) is 4.91 Å². The summed E-state index contributed by atoms with van der Waals surface area (Å²) in [5, 5.41) is 14.9. The van der Waals surface area contributed by atoms with Gasteiger partial charge in [-0.25, -0.2) is 0 Å². The van der Waals surface area contributed by atoms with E-state index < -0.39 is 11.7 Å². The summed E-state index contributed by atoms with van der Waals surface area (Å²) in [5.74, 6) is -0.912. The van der Waals surface area contributed by atoms with E-state index >= 15 is 0 Å². The summed E-state index contributed by atoms with van der Waals surface area (Å²) in [6.07, 6.45) is 0. The number of phenols is 1. The summed E-state index contributed by atoms with van der Waals surface area (Å²) >= 11 is 0. The third kappa shape index (κ3) is 2.35. The third-order valence-corrected chi connectivity index (χ3v) is 2.39. The molecular weight excluding hydrogens is 232 g/mol. The second-order valence-electron chi connectivity index (χ2n) is 3.58. The van der Waals surface area contributed by atoms with Crippen molar-refractivity contribution < 1.29 is 9.90 Å². The normalized spacial score (nSPS) is 9.78. The molecule has 0 fully saturated rings. The van der Waals surface area contributed by atoms with E-state index in [1.165, 1.54) is 18.2 Å². The average Bonchev–Trinajstić information content (AvgIpc) is 2.40. The monoisotopic (exact) mass is 242 g/mol. The quantitative estimate of drug-likeness (QED) is 0.812. The maximum Gasteiger partial charge on any atom is 0.259 e. The van der Waals surface area contributed by atoms with E-state index in [0.29, 0.717) is 5.69 Å². The van der Waals surface area contributed by atoms with Crippen LogP contribution in [0.2, 0.25) is 0 Å². The van der Waals surface area contributed by atoms with Crippen molar-refractivity contribution in [1.82, 2.24) is 0 Å². The molecule has 0 aromatic heterocycles. The van der Waals surface area contributed by atoms with Crippen molar-refractivity contribution in [3.05, 3.63) is 59.0 Å².